The lowest BCUT2D eigenvalue weighted by Crippen LogP contribution is -2.29. The molecule has 0 aliphatic heterocycles. The van der Waals surface area contributed by atoms with Gasteiger partial charge in [0.2, 0.25) is 0 Å². The van der Waals surface area contributed by atoms with Crippen LogP contribution < -0.4 is 5.32 Å². The second kappa shape index (κ2) is 5.00. The lowest BCUT2D eigenvalue weighted by atomic mass is 10.4. The Morgan fingerprint density at radius 1 is 1.43 bits per heavy atom. The molecule has 0 bridgehead atoms. The van der Waals surface area contributed by atoms with E-state index in [4.69, 9.17) is 0 Å². The average Bonchev–Trinajstić information content (AvgIpc) is 2.67. The van der Waals surface area contributed by atoms with Crippen LogP contribution in [0.1, 0.15) is 23.5 Å². The fraction of sp³-hybridized carbons (Fsp3) is 0.500. The summed E-state index contributed by atoms with van der Waals surface area (Å²) in [6, 6.07) is 3.80. The molecular formula is C10H16N2OS. The SMILES string of the molecule is CCN(CC)C(=O)c1ccc(NC)s1. The Morgan fingerprint density at radius 3 is 2.50 bits per heavy atom. The van der Waals surface area contributed by atoms with Gasteiger partial charge in [-0.3, -0.25) is 4.79 Å². The molecule has 1 heterocycles. The minimum atomic E-state index is 0.126. The van der Waals surface area contributed by atoms with Crippen LogP contribution in [0.2, 0.25) is 0 Å². The largest absolute Gasteiger partial charge is 0.380 e. The van der Waals surface area contributed by atoms with E-state index in [1.807, 2.05) is 37.9 Å². The van der Waals surface area contributed by atoms with E-state index in [1.165, 1.54) is 11.3 Å². The molecule has 0 unspecified atom stereocenters. The highest BCUT2D eigenvalue weighted by atomic mass is 32.1. The van der Waals surface area contributed by atoms with E-state index in [1.54, 1.807) is 0 Å². The topological polar surface area (TPSA) is 32.3 Å². The van der Waals surface area contributed by atoms with E-state index in [2.05, 4.69) is 5.32 Å². The van der Waals surface area contributed by atoms with E-state index in [0.717, 1.165) is 23.0 Å². The monoisotopic (exact) mass is 212 g/mol. The van der Waals surface area contributed by atoms with Gasteiger partial charge in [0.25, 0.3) is 5.91 Å². The van der Waals surface area contributed by atoms with Gasteiger partial charge in [-0.05, 0) is 26.0 Å². The van der Waals surface area contributed by atoms with Crippen molar-refractivity contribution in [1.29, 1.82) is 0 Å². The van der Waals surface area contributed by atoms with Crippen LogP contribution in [0.25, 0.3) is 0 Å². The van der Waals surface area contributed by atoms with E-state index >= 15 is 0 Å². The number of nitrogens with zero attached hydrogens (tertiary/aromatic N) is 1. The van der Waals surface area contributed by atoms with Crippen molar-refractivity contribution in [2.24, 2.45) is 0 Å². The van der Waals surface area contributed by atoms with E-state index in [0.29, 0.717) is 0 Å². The van der Waals surface area contributed by atoms with Gasteiger partial charge in [0.15, 0.2) is 0 Å². The van der Waals surface area contributed by atoms with Crippen LogP contribution in [0, 0.1) is 0 Å². The second-order valence-electron chi connectivity index (χ2n) is 2.89. The normalized spacial score (nSPS) is 9.93. The van der Waals surface area contributed by atoms with Gasteiger partial charge in [-0.15, -0.1) is 11.3 Å². The summed E-state index contributed by atoms with van der Waals surface area (Å²) in [4.78, 5) is 14.5. The van der Waals surface area contributed by atoms with Crippen LogP contribution in [0.15, 0.2) is 12.1 Å². The van der Waals surface area contributed by atoms with Gasteiger partial charge in [-0.2, -0.15) is 0 Å². The minimum absolute atomic E-state index is 0.126. The molecular weight excluding hydrogens is 196 g/mol. The Labute approximate surface area is 88.7 Å². The zero-order valence-electron chi connectivity index (χ0n) is 8.83. The highest BCUT2D eigenvalue weighted by Crippen LogP contribution is 2.22. The highest BCUT2D eigenvalue weighted by Gasteiger charge is 2.14. The summed E-state index contributed by atoms with van der Waals surface area (Å²) in [5.41, 5.74) is 0. The standard InChI is InChI=1S/C10H16N2OS/c1-4-12(5-2)10(13)8-6-7-9(11-3)14-8/h6-7,11H,4-5H2,1-3H3. The maximum Gasteiger partial charge on any atom is 0.263 e. The molecule has 1 N–H and O–H groups in total. The highest BCUT2D eigenvalue weighted by molar-refractivity contribution is 7.17. The molecule has 0 atom stereocenters. The van der Waals surface area contributed by atoms with Crippen molar-refractivity contribution in [2.75, 3.05) is 25.5 Å². The predicted molar refractivity (Wildman–Crippen MR) is 61.1 cm³/mol. The van der Waals surface area contributed by atoms with Crippen molar-refractivity contribution in [3.8, 4) is 0 Å². The Kier molecular flexibility index (Phi) is 3.95. The second-order valence-corrected chi connectivity index (χ2v) is 3.98. The van der Waals surface area contributed by atoms with Gasteiger partial charge < -0.3 is 10.2 Å². The lowest BCUT2D eigenvalue weighted by Gasteiger charge is -2.17. The number of hydrogen-bond donors (Lipinski definition) is 1. The first-order valence-electron chi connectivity index (χ1n) is 4.79. The van der Waals surface area contributed by atoms with Crippen LogP contribution >= 0.6 is 11.3 Å². The minimum Gasteiger partial charge on any atom is -0.380 e. The van der Waals surface area contributed by atoms with Crippen molar-refractivity contribution in [1.82, 2.24) is 4.90 Å². The molecule has 1 amide bonds. The molecule has 0 fully saturated rings. The van der Waals surface area contributed by atoms with Crippen LogP contribution in [-0.4, -0.2) is 30.9 Å². The molecule has 78 valence electrons. The fourth-order valence-electron chi connectivity index (χ4n) is 1.25. The number of nitrogens with one attached hydrogen (secondary N) is 1. The molecule has 0 aromatic carbocycles. The molecule has 1 rings (SSSR count). The maximum atomic E-state index is 11.8. The summed E-state index contributed by atoms with van der Waals surface area (Å²) >= 11 is 1.50. The summed E-state index contributed by atoms with van der Waals surface area (Å²) in [5.74, 6) is 0.126. The summed E-state index contributed by atoms with van der Waals surface area (Å²) in [7, 11) is 1.86. The summed E-state index contributed by atoms with van der Waals surface area (Å²) < 4.78 is 0. The Hall–Kier alpha value is -1.03. The average molecular weight is 212 g/mol. The fourth-order valence-corrected chi connectivity index (χ4v) is 2.08. The molecule has 0 spiro atoms. The quantitative estimate of drug-likeness (QED) is 0.830. The predicted octanol–water partition coefficient (Wildman–Crippen LogP) is 2.27. The maximum absolute atomic E-state index is 11.8. The molecule has 0 saturated carbocycles. The molecule has 14 heavy (non-hydrogen) atoms. The van der Waals surface area contributed by atoms with Crippen molar-refractivity contribution in [3.63, 3.8) is 0 Å². The summed E-state index contributed by atoms with van der Waals surface area (Å²) in [5, 5.41) is 4.05. The van der Waals surface area contributed by atoms with Crippen molar-refractivity contribution in [3.05, 3.63) is 17.0 Å². The molecule has 0 aliphatic carbocycles. The van der Waals surface area contributed by atoms with Gasteiger partial charge in [0.1, 0.15) is 0 Å². The lowest BCUT2D eigenvalue weighted by molar-refractivity contribution is 0.0778. The molecule has 0 saturated heterocycles. The molecule has 0 aliphatic rings. The first-order valence-corrected chi connectivity index (χ1v) is 5.61. The molecule has 3 nitrogen and oxygen atoms in total. The van der Waals surface area contributed by atoms with Crippen LogP contribution in [-0.2, 0) is 0 Å². The smallest absolute Gasteiger partial charge is 0.263 e. The Bertz CT molecular complexity index is 305. The first-order chi connectivity index (χ1) is 6.72. The van der Waals surface area contributed by atoms with Crippen molar-refractivity contribution < 1.29 is 4.79 Å². The van der Waals surface area contributed by atoms with Crippen LogP contribution in [0.5, 0.6) is 0 Å². The molecule has 4 heteroatoms. The summed E-state index contributed by atoms with van der Waals surface area (Å²) in [6.45, 7) is 5.52. The summed E-state index contributed by atoms with van der Waals surface area (Å²) in [6.07, 6.45) is 0. The third-order valence-electron chi connectivity index (χ3n) is 2.11. The third kappa shape index (κ3) is 2.26. The zero-order valence-corrected chi connectivity index (χ0v) is 9.65. The van der Waals surface area contributed by atoms with E-state index < -0.39 is 0 Å². The van der Waals surface area contributed by atoms with Gasteiger partial charge in [-0.1, -0.05) is 0 Å². The Balaban J connectivity index is 2.77. The van der Waals surface area contributed by atoms with Crippen molar-refractivity contribution in [2.45, 2.75) is 13.8 Å². The molecule has 1 aromatic rings. The van der Waals surface area contributed by atoms with Gasteiger partial charge >= 0.3 is 0 Å². The van der Waals surface area contributed by atoms with E-state index in [9.17, 15) is 4.79 Å². The Morgan fingerprint density at radius 2 is 2.07 bits per heavy atom. The number of anilines is 1. The number of carbonyl (C=O) groups is 1. The van der Waals surface area contributed by atoms with Crippen LogP contribution in [0.3, 0.4) is 0 Å². The third-order valence-corrected chi connectivity index (χ3v) is 3.20. The number of rotatable bonds is 4. The first kappa shape index (κ1) is 11.0. The molecule has 0 radical (unpaired) electrons. The van der Waals surface area contributed by atoms with Gasteiger partial charge in [-0.25, -0.2) is 0 Å². The van der Waals surface area contributed by atoms with Gasteiger partial charge in [0.05, 0.1) is 9.88 Å². The molecule has 1 aromatic heterocycles. The number of thiophene rings is 1. The number of hydrogen-bond acceptors (Lipinski definition) is 3. The van der Waals surface area contributed by atoms with Crippen molar-refractivity contribution >= 4 is 22.2 Å². The van der Waals surface area contributed by atoms with Gasteiger partial charge in [0, 0.05) is 20.1 Å². The van der Waals surface area contributed by atoms with E-state index in [-0.39, 0.29) is 5.91 Å². The number of amides is 1. The zero-order chi connectivity index (χ0) is 10.6. The number of carbonyl (C=O) groups excluding carboxylic acids is 1. The van der Waals surface area contributed by atoms with Crippen LogP contribution in [0.4, 0.5) is 5.00 Å².